The number of hydrogen-bond acceptors (Lipinski definition) is 4. The molecule has 148 valence electrons. The molecule has 3 aromatic carbocycles. The number of ether oxygens (including phenoxy) is 1. The van der Waals surface area contributed by atoms with Crippen LogP contribution in [0, 0.1) is 5.82 Å². The molecule has 3 aromatic rings. The molecule has 3 N–H and O–H groups in total. The second kappa shape index (κ2) is 10.2. The fraction of sp³-hybridized carbons (Fsp3) is 0.304. The summed E-state index contributed by atoms with van der Waals surface area (Å²) < 4.78 is 19.2. The van der Waals surface area contributed by atoms with Gasteiger partial charge in [0.1, 0.15) is 18.2 Å². The molecule has 3 rings (SSSR count). The summed E-state index contributed by atoms with van der Waals surface area (Å²) >= 11 is 0. The zero-order chi connectivity index (χ0) is 19.8. The van der Waals surface area contributed by atoms with E-state index in [0.29, 0.717) is 19.7 Å². The van der Waals surface area contributed by atoms with Gasteiger partial charge < -0.3 is 20.5 Å². The van der Waals surface area contributed by atoms with Gasteiger partial charge in [0.05, 0.1) is 6.10 Å². The van der Waals surface area contributed by atoms with Crippen molar-refractivity contribution >= 4 is 10.8 Å². The minimum Gasteiger partial charge on any atom is -0.489 e. The molecule has 0 bridgehead atoms. The molecule has 0 radical (unpaired) electrons. The van der Waals surface area contributed by atoms with Crippen LogP contribution in [0.15, 0.2) is 60.7 Å². The number of rotatable bonds is 10. The van der Waals surface area contributed by atoms with E-state index < -0.39 is 0 Å². The van der Waals surface area contributed by atoms with Gasteiger partial charge in [-0.15, -0.1) is 0 Å². The van der Waals surface area contributed by atoms with Crippen LogP contribution in [0.5, 0.6) is 5.75 Å². The maximum Gasteiger partial charge on any atom is 0.124 e. The average molecular weight is 382 g/mol. The highest BCUT2D eigenvalue weighted by Gasteiger charge is 2.09. The molecule has 0 aliphatic rings. The van der Waals surface area contributed by atoms with E-state index in [1.807, 2.05) is 18.2 Å². The number of benzene rings is 3. The van der Waals surface area contributed by atoms with Crippen LogP contribution < -0.4 is 15.4 Å². The molecule has 0 aliphatic carbocycles. The Morgan fingerprint density at radius 2 is 1.71 bits per heavy atom. The van der Waals surface area contributed by atoms with Crippen LogP contribution in [0.4, 0.5) is 4.39 Å². The summed E-state index contributed by atoms with van der Waals surface area (Å²) in [4.78, 5) is 0. The third kappa shape index (κ3) is 5.76. The molecule has 0 saturated carbocycles. The van der Waals surface area contributed by atoms with E-state index in [9.17, 15) is 9.50 Å². The van der Waals surface area contributed by atoms with Gasteiger partial charge in [0.2, 0.25) is 0 Å². The van der Waals surface area contributed by atoms with Crippen molar-refractivity contribution in [2.24, 2.45) is 0 Å². The summed E-state index contributed by atoms with van der Waals surface area (Å²) in [5.74, 6) is 0.580. The van der Waals surface area contributed by atoms with Crippen molar-refractivity contribution in [3.8, 4) is 5.75 Å². The Hall–Kier alpha value is -2.47. The highest BCUT2D eigenvalue weighted by molar-refractivity contribution is 5.87. The Labute approximate surface area is 165 Å². The van der Waals surface area contributed by atoms with E-state index in [0.717, 1.165) is 35.4 Å². The van der Waals surface area contributed by atoms with Crippen LogP contribution in [-0.4, -0.2) is 30.8 Å². The number of aliphatic hydroxyl groups excluding tert-OH is 1. The quantitative estimate of drug-likeness (QED) is 0.469. The van der Waals surface area contributed by atoms with Gasteiger partial charge in [0, 0.05) is 31.7 Å². The largest absolute Gasteiger partial charge is 0.489 e. The van der Waals surface area contributed by atoms with Crippen LogP contribution in [0.25, 0.3) is 10.8 Å². The fourth-order valence-electron chi connectivity index (χ4n) is 3.08. The lowest BCUT2D eigenvalue weighted by Crippen LogP contribution is -2.31. The van der Waals surface area contributed by atoms with Crippen molar-refractivity contribution in [2.45, 2.75) is 26.2 Å². The van der Waals surface area contributed by atoms with Crippen LogP contribution in [0.3, 0.4) is 0 Å². The summed E-state index contributed by atoms with van der Waals surface area (Å²) in [6.45, 7) is 4.98. The SMILES string of the molecule is C[C@@H](O)CNCCNCc1c(OCc2ccc(F)cc2)ccc2ccccc12. The predicted molar refractivity (Wildman–Crippen MR) is 111 cm³/mol. The van der Waals surface area contributed by atoms with Gasteiger partial charge >= 0.3 is 0 Å². The third-order valence-electron chi connectivity index (χ3n) is 4.53. The van der Waals surface area contributed by atoms with Crippen molar-refractivity contribution in [3.05, 3.63) is 77.6 Å². The molecule has 5 heteroatoms. The van der Waals surface area contributed by atoms with Gasteiger partial charge in [-0.1, -0.05) is 42.5 Å². The second-order valence-electron chi connectivity index (χ2n) is 6.91. The number of fused-ring (bicyclic) bond motifs is 1. The van der Waals surface area contributed by atoms with Crippen molar-refractivity contribution in [2.75, 3.05) is 19.6 Å². The maximum atomic E-state index is 13.1. The lowest BCUT2D eigenvalue weighted by atomic mass is 10.0. The first-order valence-corrected chi connectivity index (χ1v) is 9.61. The number of aliphatic hydroxyl groups is 1. The van der Waals surface area contributed by atoms with E-state index in [4.69, 9.17) is 4.74 Å². The molecule has 0 unspecified atom stereocenters. The highest BCUT2D eigenvalue weighted by atomic mass is 19.1. The zero-order valence-electron chi connectivity index (χ0n) is 16.1. The summed E-state index contributed by atoms with van der Waals surface area (Å²) in [6.07, 6.45) is -0.343. The highest BCUT2D eigenvalue weighted by Crippen LogP contribution is 2.28. The maximum absolute atomic E-state index is 13.1. The Morgan fingerprint density at radius 3 is 2.50 bits per heavy atom. The molecule has 0 aliphatic heterocycles. The molecule has 0 saturated heterocycles. The Morgan fingerprint density at radius 1 is 0.964 bits per heavy atom. The Bertz CT molecular complexity index is 881. The minimum atomic E-state index is -0.343. The van der Waals surface area contributed by atoms with Gasteiger partial charge in [0.15, 0.2) is 0 Å². The van der Waals surface area contributed by atoms with Gasteiger partial charge in [-0.2, -0.15) is 0 Å². The number of nitrogens with one attached hydrogen (secondary N) is 2. The fourth-order valence-corrected chi connectivity index (χ4v) is 3.08. The standard InChI is InChI=1S/C23H27FN2O2/c1-17(27)14-25-12-13-26-15-22-21-5-3-2-4-19(21)8-11-23(22)28-16-18-6-9-20(24)10-7-18/h2-11,17,25-27H,12-16H2,1H3/t17-/m1/s1. The first kappa shape index (κ1) is 20.3. The predicted octanol–water partition coefficient (Wildman–Crippen LogP) is 3.62. The summed E-state index contributed by atoms with van der Waals surface area (Å²) in [7, 11) is 0. The first-order valence-electron chi connectivity index (χ1n) is 9.61. The van der Waals surface area contributed by atoms with Gasteiger partial charge in [-0.25, -0.2) is 4.39 Å². The molecule has 0 fully saturated rings. The van der Waals surface area contributed by atoms with Crippen molar-refractivity contribution in [3.63, 3.8) is 0 Å². The lowest BCUT2D eigenvalue weighted by Gasteiger charge is -2.15. The molecular formula is C23H27FN2O2. The minimum absolute atomic E-state index is 0.247. The Kier molecular flexibility index (Phi) is 7.37. The number of halogens is 1. The smallest absolute Gasteiger partial charge is 0.124 e. The van der Waals surface area contributed by atoms with E-state index in [1.165, 1.54) is 17.5 Å². The van der Waals surface area contributed by atoms with Crippen molar-refractivity contribution in [1.29, 1.82) is 0 Å². The molecule has 0 spiro atoms. The molecule has 0 aromatic heterocycles. The van der Waals surface area contributed by atoms with Crippen molar-refractivity contribution in [1.82, 2.24) is 10.6 Å². The molecular weight excluding hydrogens is 355 g/mol. The van der Waals surface area contributed by atoms with Crippen LogP contribution >= 0.6 is 0 Å². The number of hydrogen-bond donors (Lipinski definition) is 3. The lowest BCUT2D eigenvalue weighted by molar-refractivity contribution is 0.191. The first-order chi connectivity index (χ1) is 13.6. The van der Waals surface area contributed by atoms with E-state index >= 15 is 0 Å². The zero-order valence-corrected chi connectivity index (χ0v) is 16.1. The monoisotopic (exact) mass is 382 g/mol. The summed E-state index contributed by atoms with van der Waals surface area (Å²) in [5.41, 5.74) is 2.03. The van der Waals surface area contributed by atoms with Gasteiger partial charge in [-0.05, 0) is 41.5 Å². The van der Waals surface area contributed by atoms with E-state index in [2.05, 4.69) is 28.8 Å². The topological polar surface area (TPSA) is 53.5 Å². The third-order valence-corrected chi connectivity index (χ3v) is 4.53. The summed E-state index contributed by atoms with van der Waals surface area (Å²) in [6, 6.07) is 18.7. The van der Waals surface area contributed by atoms with Crippen LogP contribution in [-0.2, 0) is 13.2 Å². The van der Waals surface area contributed by atoms with Crippen molar-refractivity contribution < 1.29 is 14.2 Å². The molecule has 0 amide bonds. The Balaban J connectivity index is 1.68. The van der Waals surface area contributed by atoms with Crippen LogP contribution in [0.2, 0.25) is 0 Å². The second-order valence-corrected chi connectivity index (χ2v) is 6.91. The molecule has 4 nitrogen and oxygen atoms in total. The van der Waals surface area contributed by atoms with Gasteiger partial charge in [0.25, 0.3) is 0 Å². The van der Waals surface area contributed by atoms with E-state index in [1.54, 1.807) is 19.1 Å². The summed E-state index contributed by atoms with van der Waals surface area (Å²) in [5, 5.41) is 18.3. The normalized spacial score (nSPS) is 12.2. The van der Waals surface area contributed by atoms with E-state index in [-0.39, 0.29) is 11.9 Å². The average Bonchev–Trinajstić information content (AvgIpc) is 2.70. The van der Waals surface area contributed by atoms with Gasteiger partial charge in [-0.3, -0.25) is 0 Å². The molecule has 28 heavy (non-hydrogen) atoms. The van der Waals surface area contributed by atoms with Crippen LogP contribution in [0.1, 0.15) is 18.1 Å². The molecule has 0 heterocycles. The molecule has 1 atom stereocenters.